The minimum absolute atomic E-state index is 0. The fourth-order valence-corrected chi connectivity index (χ4v) is 2.43. The number of hydrogen-bond acceptors (Lipinski definition) is 3. The molecule has 0 aliphatic heterocycles. The largest absolute Gasteiger partial charge is 0.485 e. The van der Waals surface area contributed by atoms with Crippen LogP contribution in [0.3, 0.4) is 0 Å². The summed E-state index contributed by atoms with van der Waals surface area (Å²) in [6.45, 7) is 2.68. The van der Waals surface area contributed by atoms with Gasteiger partial charge in [0.05, 0.1) is 11.9 Å². The summed E-state index contributed by atoms with van der Waals surface area (Å²) in [5.74, 6) is 0.612. The highest BCUT2D eigenvalue weighted by atomic mass is 35.5. The van der Waals surface area contributed by atoms with E-state index in [0.717, 1.165) is 11.1 Å². The van der Waals surface area contributed by atoms with Crippen molar-refractivity contribution < 1.29 is 4.74 Å². The highest BCUT2D eigenvalue weighted by molar-refractivity contribution is 5.85. The molecule has 0 bridgehead atoms. The van der Waals surface area contributed by atoms with Crippen LogP contribution in [0.4, 0.5) is 0 Å². The Balaban J connectivity index is 0.00000208. The first-order chi connectivity index (χ1) is 11.3. The van der Waals surface area contributed by atoms with Crippen molar-refractivity contribution in [2.45, 2.75) is 19.6 Å². The van der Waals surface area contributed by atoms with Gasteiger partial charge in [0, 0.05) is 18.9 Å². The Morgan fingerprint density at radius 3 is 2.67 bits per heavy atom. The summed E-state index contributed by atoms with van der Waals surface area (Å²) >= 11 is 0. The predicted molar refractivity (Wildman–Crippen MR) is 95.2 cm³/mol. The van der Waals surface area contributed by atoms with Gasteiger partial charge in [0.15, 0.2) is 0 Å². The van der Waals surface area contributed by atoms with Gasteiger partial charge in [-0.2, -0.15) is 5.26 Å². The Labute approximate surface area is 147 Å². The molecule has 0 spiro atoms. The van der Waals surface area contributed by atoms with Crippen molar-refractivity contribution >= 4 is 12.4 Å². The van der Waals surface area contributed by atoms with Crippen molar-refractivity contribution in [3.63, 3.8) is 0 Å². The van der Waals surface area contributed by atoms with Crippen LogP contribution in [0.25, 0.3) is 0 Å². The minimum Gasteiger partial charge on any atom is -0.485 e. The van der Waals surface area contributed by atoms with Crippen LogP contribution in [0, 0.1) is 11.3 Å². The van der Waals surface area contributed by atoms with E-state index in [1.54, 1.807) is 18.6 Å². The highest BCUT2D eigenvalue weighted by Gasteiger charge is 2.11. The molecule has 0 radical (unpaired) electrons. The summed E-state index contributed by atoms with van der Waals surface area (Å²) in [5, 5.41) is 9.30. The van der Waals surface area contributed by atoms with Gasteiger partial charge >= 0.3 is 0 Å². The van der Waals surface area contributed by atoms with Crippen LogP contribution in [0.5, 0.6) is 5.75 Å². The molecular weight excluding hydrogens is 322 g/mol. The lowest BCUT2D eigenvalue weighted by molar-refractivity contribution is 0.226. The topological polar surface area (TPSA) is 50.8 Å². The van der Waals surface area contributed by atoms with Crippen molar-refractivity contribution in [1.29, 1.82) is 5.26 Å². The molecule has 0 N–H and O–H groups in total. The molecule has 1 aromatic heterocycles. The lowest BCUT2D eigenvalue weighted by atomic mass is 10.1. The molecule has 0 aliphatic rings. The van der Waals surface area contributed by atoms with Gasteiger partial charge in [0.2, 0.25) is 0 Å². The number of rotatable bonds is 5. The molecule has 2 aromatic carbocycles. The fourth-order valence-electron chi connectivity index (χ4n) is 2.43. The average Bonchev–Trinajstić information content (AvgIpc) is 3.09. The third kappa shape index (κ3) is 4.15. The van der Waals surface area contributed by atoms with Crippen molar-refractivity contribution in [2.75, 3.05) is 0 Å². The maximum absolute atomic E-state index is 9.30. The van der Waals surface area contributed by atoms with Gasteiger partial charge in [-0.05, 0) is 30.2 Å². The number of hydrogen-bond donors (Lipinski definition) is 0. The Morgan fingerprint density at radius 2 is 2.00 bits per heavy atom. The number of nitrogens with zero attached hydrogens (tertiary/aromatic N) is 3. The molecule has 4 nitrogen and oxygen atoms in total. The van der Waals surface area contributed by atoms with Crippen molar-refractivity contribution in [3.05, 3.63) is 83.9 Å². The third-order valence-electron chi connectivity index (χ3n) is 3.66. The summed E-state index contributed by atoms with van der Waals surface area (Å²) < 4.78 is 8.01. The first kappa shape index (κ1) is 17.6. The SMILES string of the molecule is CC(Oc1cc(Cn2ccnc2)ccc1C#N)c1ccccc1.Cl. The van der Waals surface area contributed by atoms with Crippen molar-refractivity contribution in [2.24, 2.45) is 0 Å². The Morgan fingerprint density at radius 1 is 1.21 bits per heavy atom. The lowest BCUT2D eigenvalue weighted by Gasteiger charge is -2.17. The Kier molecular flexibility index (Phi) is 6.00. The molecule has 0 amide bonds. The van der Waals surface area contributed by atoms with Crippen LogP contribution in [-0.2, 0) is 6.54 Å². The molecule has 122 valence electrons. The zero-order chi connectivity index (χ0) is 16.1. The van der Waals surface area contributed by atoms with Gasteiger partial charge in [-0.15, -0.1) is 12.4 Å². The maximum atomic E-state index is 9.30. The number of benzene rings is 2. The quantitative estimate of drug-likeness (QED) is 0.693. The average molecular weight is 340 g/mol. The third-order valence-corrected chi connectivity index (χ3v) is 3.66. The lowest BCUT2D eigenvalue weighted by Crippen LogP contribution is -2.05. The van der Waals surface area contributed by atoms with Crippen LogP contribution in [0.1, 0.15) is 29.7 Å². The smallest absolute Gasteiger partial charge is 0.138 e. The van der Waals surface area contributed by atoms with Crippen LogP contribution in [0.15, 0.2) is 67.3 Å². The van der Waals surface area contributed by atoms with Gasteiger partial charge < -0.3 is 9.30 Å². The molecule has 1 atom stereocenters. The van der Waals surface area contributed by atoms with E-state index in [1.165, 1.54) is 0 Å². The van der Waals surface area contributed by atoms with E-state index in [2.05, 4.69) is 11.1 Å². The predicted octanol–water partition coefficient (Wildman–Crippen LogP) is 4.36. The van der Waals surface area contributed by atoms with E-state index in [9.17, 15) is 5.26 Å². The number of ether oxygens (including phenoxy) is 1. The number of imidazole rings is 1. The molecule has 0 saturated carbocycles. The number of aromatic nitrogens is 2. The van der Waals surface area contributed by atoms with E-state index in [0.29, 0.717) is 17.9 Å². The second-order valence-corrected chi connectivity index (χ2v) is 5.35. The molecule has 3 rings (SSSR count). The van der Waals surface area contributed by atoms with Gasteiger partial charge in [0.25, 0.3) is 0 Å². The molecule has 24 heavy (non-hydrogen) atoms. The number of halogens is 1. The van der Waals surface area contributed by atoms with Gasteiger partial charge in [-0.25, -0.2) is 4.98 Å². The zero-order valence-electron chi connectivity index (χ0n) is 13.3. The van der Waals surface area contributed by atoms with Gasteiger partial charge in [-0.1, -0.05) is 36.4 Å². The summed E-state index contributed by atoms with van der Waals surface area (Å²) in [5.41, 5.74) is 2.69. The zero-order valence-corrected chi connectivity index (χ0v) is 14.1. The molecule has 5 heteroatoms. The highest BCUT2D eigenvalue weighted by Crippen LogP contribution is 2.26. The maximum Gasteiger partial charge on any atom is 0.138 e. The summed E-state index contributed by atoms with van der Waals surface area (Å²) in [6.07, 6.45) is 5.31. The van der Waals surface area contributed by atoms with E-state index in [4.69, 9.17) is 4.74 Å². The molecule has 0 saturated heterocycles. The Hall–Kier alpha value is -2.77. The minimum atomic E-state index is -0.119. The van der Waals surface area contributed by atoms with Crippen LogP contribution < -0.4 is 4.74 Å². The molecule has 1 unspecified atom stereocenters. The van der Waals surface area contributed by atoms with Crippen LogP contribution >= 0.6 is 12.4 Å². The van der Waals surface area contributed by atoms with Crippen molar-refractivity contribution in [1.82, 2.24) is 9.55 Å². The fraction of sp³-hybridized carbons (Fsp3) is 0.158. The van der Waals surface area contributed by atoms with E-state index >= 15 is 0 Å². The summed E-state index contributed by atoms with van der Waals surface area (Å²) in [7, 11) is 0. The molecular formula is C19H18ClN3O. The first-order valence-electron chi connectivity index (χ1n) is 7.46. The summed E-state index contributed by atoms with van der Waals surface area (Å²) in [4.78, 5) is 4.04. The van der Waals surface area contributed by atoms with Crippen molar-refractivity contribution in [3.8, 4) is 11.8 Å². The monoisotopic (exact) mass is 339 g/mol. The number of nitriles is 1. The molecule has 0 fully saturated rings. The van der Waals surface area contributed by atoms with Crippen LogP contribution in [0.2, 0.25) is 0 Å². The summed E-state index contributed by atoms with van der Waals surface area (Å²) in [6, 6.07) is 17.8. The van der Waals surface area contributed by atoms with Crippen LogP contribution in [-0.4, -0.2) is 9.55 Å². The van der Waals surface area contributed by atoms with E-state index in [-0.39, 0.29) is 18.5 Å². The van der Waals surface area contributed by atoms with E-state index < -0.39 is 0 Å². The first-order valence-corrected chi connectivity index (χ1v) is 7.46. The van der Waals surface area contributed by atoms with E-state index in [1.807, 2.05) is 60.2 Å². The molecule has 1 heterocycles. The Bertz CT molecular complexity index is 810. The van der Waals surface area contributed by atoms with Gasteiger partial charge in [0.1, 0.15) is 17.9 Å². The second kappa shape index (κ2) is 8.19. The normalized spacial score (nSPS) is 11.2. The molecule has 3 aromatic rings. The standard InChI is InChI=1S/C19H17N3O.ClH/c1-15(17-5-3-2-4-6-17)23-19-11-16(7-8-18(19)12-20)13-22-10-9-21-14-22;/h2-11,14-15H,13H2,1H3;1H. The van der Waals surface area contributed by atoms with Gasteiger partial charge in [-0.3, -0.25) is 0 Å². The second-order valence-electron chi connectivity index (χ2n) is 5.35. The molecule has 0 aliphatic carbocycles.